The lowest BCUT2D eigenvalue weighted by Gasteiger charge is -2.28. The smallest absolute Gasteiger partial charge is 0.291 e. The van der Waals surface area contributed by atoms with Gasteiger partial charge >= 0.3 is 0 Å². The lowest BCUT2D eigenvalue weighted by atomic mass is 9.84. The second-order valence-electron chi connectivity index (χ2n) is 5.89. The summed E-state index contributed by atoms with van der Waals surface area (Å²) in [5.74, 6) is -0.744. The largest absolute Gasteiger partial charge is 0.485 e. The van der Waals surface area contributed by atoms with Crippen LogP contribution in [0.5, 0.6) is 0 Å². The summed E-state index contributed by atoms with van der Waals surface area (Å²) in [5, 5.41) is 0.444. The van der Waals surface area contributed by atoms with Gasteiger partial charge in [0.05, 0.1) is 6.61 Å². The molecule has 0 unspecified atom stereocenters. The number of ether oxygens (including phenoxy) is 1. The highest BCUT2D eigenvalue weighted by atomic mass is 32.1. The zero-order chi connectivity index (χ0) is 15.3. The zero-order valence-electron chi connectivity index (χ0n) is 12.9. The number of amides is 1. The maximum absolute atomic E-state index is 12.4. The second-order valence-corrected chi connectivity index (χ2v) is 6.29. The average Bonchev–Trinajstić information content (AvgIpc) is 2.92. The SMILES string of the molecule is CCCOC(=S)[C@@H]1CCCN1C(=O)C(=O)C(C)(C)CC. The van der Waals surface area contributed by atoms with Crippen molar-refractivity contribution in [1.82, 2.24) is 4.90 Å². The van der Waals surface area contributed by atoms with Crippen LogP contribution < -0.4 is 0 Å². The molecule has 0 bridgehead atoms. The van der Waals surface area contributed by atoms with Crippen molar-refractivity contribution in [3.05, 3.63) is 0 Å². The van der Waals surface area contributed by atoms with E-state index < -0.39 is 11.3 Å². The summed E-state index contributed by atoms with van der Waals surface area (Å²) in [6, 6.07) is -0.222. The molecule has 5 heteroatoms. The Morgan fingerprint density at radius 3 is 2.55 bits per heavy atom. The second kappa shape index (κ2) is 7.16. The van der Waals surface area contributed by atoms with Crippen LogP contribution >= 0.6 is 12.2 Å². The summed E-state index contributed by atoms with van der Waals surface area (Å²) in [5.41, 5.74) is -0.615. The summed E-state index contributed by atoms with van der Waals surface area (Å²) in [6.07, 6.45) is 3.18. The number of rotatable bonds is 6. The number of ketones is 1. The Kier molecular flexibility index (Phi) is 6.11. The van der Waals surface area contributed by atoms with Crippen LogP contribution in [0, 0.1) is 5.41 Å². The molecule has 1 atom stereocenters. The van der Waals surface area contributed by atoms with Gasteiger partial charge < -0.3 is 9.64 Å². The van der Waals surface area contributed by atoms with Crippen LogP contribution in [0.3, 0.4) is 0 Å². The molecule has 0 aromatic rings. The Hall–Kier alpha value is -0.970. The first kappa shape index (κ1) is 17.1. The minimum absolute atomic E-state index is 0.222. The summed E-state index contributed by atoms with van der Waals surface area (Å²) >= 11 is 5.26. The summed E-state index contributed by atoms with van der Waals surface area (Å²) < 4.78 is 5.47. The van der Waals surface area contributed by atoms with Gasteiger partial charge in [0.2, 0.25) is 5.78 Å². The van der Waals surface area contributed by atoms with E-state index in [1.165, 1.54) is 0 Å². The van der Waals surface area contributed by atoms with Gasteiger partial charge in [-0.1, -0.05) is 27.7 Å². The summed E-state index contributed by atoms with van der Waals surface area (Å²) in [6.45, 7) is 8.69. The minimum atomic E-state index is -0.615. The van der Waals surface area contributed by atoms with Gasteiger partial charge in [0.25, 0.3) is 5.91 Å². The fourth-order valence-electron chi connectivity index (χ4n) is 2.13. The van der Waals surface area contributed by atoms with Crippen molar-refractivity contribution in [3.8, 4) is 0 Å². The molecule has 1 aliphatic heterocycles. The molecule has 0 radical (unpaired) electrons. The van der Waals surface area contributed by atoms with Crippen molar-refractivity contribution in [2.24, 2.45) is 5.41 Å². The van der Waals surface area contributed by atoms with E-state index in [4.69, 9.17) is 17.0 Å². The minimum Gasteiger partial charge on any atom is -0.485 e. The van der Waals surface area contributed by atoms with Gasteiger partial charge in [-0.15, -0.1) is 0 Å². The third-order valence-electron chi connectivity index (χ3n) is 3.93. The third-order valence-corrected chi connectivity index (χ3v) is 4.32. The monoisotopic (exact) mass is 299 g/mol. The maximum atomic E-state index is 12.4. The van der Waals surface area contributed by atoms with E-state index in [9.17, 15) is 9.59 Å². The van der Waals surface area contributed by atoms with Gasteiger partial charge in [0, 0.05) is 12.0 Å². The van der Waals surface area contributed by atoms with Crippen molar-refractivity contribution in [2.45, 2.75) is 59.4 Å². The first-order valence-electron chi connectivity index (χ1n) is 7.37. The van der Waals surface area contributed by atoms with Crippen LogP contribution in [0.4, 0.5) is 0 Å². The number of Topliss-reactive ketones (excluding diaryl/α,β-unsaturated/α-hetero) is 1. The van der Waals surface area contributed by atoms with Crippen molar-refractivity contribution >= 4 is 29.0 Å². The molecule has 0 aromatic carbocycles. The molecular weight excluding hydrogens is 274 g/mol. The van der Waals surface area contributed by atoms with Crippen molar-refractivity contribution < 1.29 is 14.3 Å². The van der Waals surface area contributed by atoms with E-state index in [1.54, 1.807) is 4.90 Å². The number of nitrogens with zero attached hydrogens (tertiary/aromatic N) is 1. The molecule has 0 saturated carbocycles. The Morgan fingerprint density at radius 2 is 2.00 bits per heavy atom. The molecule has 0 spiro atoms. The Morgan fingerprint density at radius 1 is 1.35 bits per heavy atom. The van der Waals surface area contributed by atoms with Crippen LogP contribution in [0.2, 0.25) is 0 Å². The molecule has 0 aliphatic carbocycles. The lowest BCUT2D eigenvalue weighted by Crippen LogP contribution is -2.47. The Bertz CT molecular complexity index is 393. The van der Waals surface area contributed by atoms with E-state index in [-0.39, 0.29) is 11.8 Å². The highest BCUT2D eigenvalue weighted by Crippen LogP contribution is 2.26. The summed E-state index contributed by atoms with van der Waals surface area (Å²) in [7, 11) is 0. The number of likely N-dealkylation sites (tertiary alicyclic amines) is 1. The van der Waals surface area contributed by atoms with Crippen LogP contribution in [-0.2, 0) is 14.3 Å². The topological polar surface area (TPSA) is 46.6 Å². The molecular formula is C15H25NO3S. The zero-order valence-corrected chi connectivity index (χ0v) is 13.7. The van der Waals surface area contributed by atoms with E-state index in [2.05, 4.69) is 0 Å². The lowest BCUT2D eigenvalue weighted by molar-refractivity contribution is -0.149. The van der Waals surface area contributed by atoms with Gasteiger partial charge in [-0.2, -0.15) is 0 Å². The standard InChI is InChI=1S/C15H25NO3S/c1-5-10-19-14(20)11-8-7-9-16(11)13(18)12(17)15(3,4)6-2/h11H,5-10H2,1-4H3/t11-/m0/s1. The van der Waals surface area contributed by atoms with Crippen LogP contribution in [0.15, 0.2) is 0 Å². The first-order chi connectivity index (χ1) is 9.35. The molecule has 1 saturated heterocycles. The van der Waals surface area contributed by atoms with E-state index in [0.717, 1.165) is 19.3 Å². The number of carbonyl (C=O) groups is 2. The number of thiocarbonyl (C=S) groups is 1. The van der Waals surface area contributed by atoms with E-state index in [0.29, 0.717) is 24.6 Å². The molecule has 20 heavy (non-hydrogen) atoms. The maximum Gasteiger partial charge on any atom is 0.291 e. The van der Waals surface area contributed by atoms with Gasteiger partial charge in [-0.05, 0) is 37.9 Å². The normalized spacial score (nSPS) is 19.0. The van der Waals surface area contributed by atoms with Gasteiger partial charge in [0.1, 0.15) is 6.04 Å². The number of hydrogen-bond donors (Lipinski definition) is 0. The third kappa shape index (κ3) is 3.78. The van der Waals surface area contributed by atoms with Gasteiger partial charge in [-0.3, -0.25) is 9.59 Å². The predicted octanol–water partition coefficient (Wildman–Crippen LogP) is 2.74. The molecule has 1 heterocycles. The first-order valence-corrected chi connectivity index (χ1v) is 7.78. The van der Waals surface area contributed by atoms with E-state index >= 15 is 0 Å². The Labute approximate surface area is 126 Å². The molecule has 1 amide bonds. The fraction of sp³-hybridized carbons (Fsp3) is 0.800. The van der Waals surface area contributed by atoms with Crippen LogP contribution in [0.25, 0.3) is 0 Å². The predicted molar refractivity (Wildman–Crippen MR) is 82.7 cm³/mol. The number of hydrogen-bond acceptors (Lipinski definition) is 4. The van der Waals surface area contributed by atoms with Crippen molar-refractivity contribution in [2.75, 3.05) is 13.2 Å². The molecule has 1 aliphatic rings. The summed E-state index contributed by atoms with van der Waals surface area (Å²) in [4.78, 5) is 26.3. The van der Waals surface area contributed by atoms with Crippen molar-refractivity contribution in [1.29, 1.82) is 0 Å². The molecule has 0 N–H and O–H groups in total. The molecule has 0 aromatic heterocycles. The quantitative estimate of drug-likeness (QED) is 0.559. The average molecular weight is 299 g/mol. The molecule has 4 nitrogen and oxygen atoms in total. The van der Waals surface area contributed by atoms with Gasteiger partial charge in [-0.25, -0.2) is 0 Å². The molecule has 1 rings (SSSR count). The highest BCUT2D eigenvalue weighted by molar-refractivity contribution is 7.80. The van der Waals surface area contributed by atoms with Crippen LogP contribution in [0.1, 0.15) is 53.4 Å². The Balaban J connectivity index is 2.76. The fourth-order valence-corrected chi connectivity index (χ4v) is 2.46. The molecule has 1 fully saturated rings. The van der Waals surface area contributed by atoms with Crippen LogP contribution in [-0.4, -0.2) is 40.8 Å². The van der Waals surface area contributed by atoms with Gasteiger partial charge in [0.15, 0.2) is 5.05 Å². The number of carbonyl (C=O) groups excluding carboxylic acids is 2. The highest BCUT2D eigenvalue weighted by Gasteiger charge is 2.40. The molecule has 114 valence electrons. The van der Waals surface area contributed by atoms with E-state index in [1.807, 2.05) is 27.7 Å². The van der Waals surface area contributed by atoms with Crippen molar-refractivity contribution in [3.63, 3.8) is 0 Å².